The second-order valence-corrected chi connectivity index (χ2v) is 7.60. The van der Waals surface area contributed by atoms with E-state index in [1.807, 2.05) is 54.7 Å². The molecule has 1 heterocycles. The molecular weight excluding hydrogens is 415 g/mol. The van der Waals surface area contributed by atoms with Crippen molar-refractivity contribution in [3.05, 3.63) is 78.4 Å². The van der Waals surface area contributed by atoms with Crippen molar-refractivity contribution in [3.63, 3.8) is 0 Å². The summed E-state index contributed by atoms with van der Waals surface area (Å²) in [6, 6.07) is 24.4. The van der Waals surface area contributed by atoms with Gasteiger partial charge in [-0.25, -0.2) is 4.98 Å². The molecule has 6 heteroatoms. The molecule has 0 spiro atoms. The first-order chi connectivity index (χ1) is 14.8. The molecule has 0 saturated carbocycles. The molecule has 3 aromatic carbocycles. The molecule has 1 aromatic heterocycles. The molecule has 0 aliphatic heterocycles. The van der Waals surface area contributed by atoms with Gasteiger partial charge < -0.3 is 4.90 Å². The van der Waals surface area contributed by atoms with Gasteiger partial charge in [0.25, 0.3) is 0 Å². The number of aromatic nitrogens is 1. The molecule has 0 amide bonds. The van der Waals surface area contributed by atoms with E-state index < -0.39 is 0 Å². The molecule has 0 unspecified atom stereocenters. The first-order valence-electron chi connectivity index (χ1n) is 9.83. The largest absolute Gasteiger partial charge is 0.369 e. The SMILES string of the molecule is ClCCN(CCCl)c1ccc(/C=N/Nc2c3ccccc3nc3ccccc23)cc1. The van der Waals surface area contributed by atoms with Crippen LogP contribution in [0.1, 0.15) is 5.56 Å². The van der Waals surface area contributed by atoms with E-state index in [1.165, 1.54) is 0 Å². The van der Waals surface area contributed by atoms with E-state index in [0.717, 1.165) is 51.8 Å². The number of para-hydroxylation sites is 2. The number of hydrazone groups is 1. The number of rotatable bonds is 8. The summed E-state index contributed by atoms with van der Waals surface area (Å²) in [5.74, 6) is 1.13. The van der Waals surface area contributed by atoms with Crippen LogP contribution in [0.15, 0.2) is 77.9 Å². The van der Waals surface area contributed by atoms with Crippen LogP contribution >= 0.6 is 23.2 Å². The zero-order valence-corrected chi connectivity index (χ0v) is 17.9. The molecule has 0 saturated heterocycles. The van der Waals surface area contributed by atoms with Gasteiger partial charge >= 0.3 is 0 Å². The van der Waals surface area contributed by atoms with E-state index >= 15 is 0 Å². The van der Waals surface area contributed by atoms with Crippen LogP contribution < -0.4 is 10.3 Å². The van der Waals surface area contributed by atoms with Gasteiger partial charge in [-0.2, -0.15) is 5.10 Å². The molecule has 1 N–H and O–H groups in total. The molecule has 4 rings (SSSR count). The lowest BCUT2D eigenvalue weighted by molar-refractivity contribution is 0.874. The Hall–Kier alpha value is -2.82. The Morgan fingerprint density at radius 1 is 0.800 bits per heavy atom. The summed E-state index contributed by atoms with van der Waals surface area (Å²) < 4.78 is 0. The summed E-state index contributed by atoms with van der Waals surface area (Å²) in [6.07, 6.45) is 1.82. The molecule has 4 aromatic rings. The van der Waals surface area contributed by atoms with Crippen LogP contribution in [0.25, 0.3) is 21.8 Å². The van der Waals surface area contributed by atoms with Gasteiger partial charge in [-0.15, -0.1) is 23.2 Å². The van der Waals surface area contributed by atoms with Crippen molar-refractivity contribution in [1.29, 1.82) is 0 Å². The third-order valence-corrected chi connectivity index (χ3v) is 5.28. The zero-order chi connectivity index (χ0) is 20.8. The molecule has 30 heavy (non-hydrogen) atoms. The molecule has 0 bridgehead atoms. The fourth-order valence-electron chi connectivity index (χ4n) is 3.48. The van der Waals surface area contributed by atoms with Crippen LogP contribution in [0, 0.1) is 0 Å². The minimum Gasteiger partial charge on any atom is -0.369 e. The van der Waals surface area contributed by atoms with Gasteiger partial charge in [0.15, 0.2) is 0 Å². The van der Waals surface area contributed by atoms with Crippen LogP contribution in [0.2, 0.25) is 0 Å². The summed E-state index contributed by atoms with van der Waals surface area (Å²) in [5.41, 5.74) is 8.19. The van der Waals surface area contributed by atoms with Crippen molar-refractivity contribution in [2.75, 3.05) is 35.2 Å². The number of hydrogen-bond acceptors (Lipinski definition) is 4. The Morgan fingerprint density at radius 2 is 1.37 bits per heavy atom. The molecule has 0 atom stereocenters. The Balaban J connectivity index is 1.58. The van der Waals surface area contributed by atoms with E-state index in [4.69, 9.17) is 28.2 Å². The first kappa shape index (κ1) is 20.5. The van der Waals surface area contributed by atoms with Crippen molar-refractivity contribution in [2.45, 2.75) is 0 Å². The quantitative estimate of drug-likeness (QED) is 0.156. The van der Waals surface area contributed by atoms with Gasteiger partial charge in [0, 0.05) is 41.3 Å². The molecule has 152 valence electrons. The van der Waals surface area contributed by atoms with Crippen LogP contribution in [-0.4, -0.2) is 36.0 Å². The lowest BCUT2D eigenvalue weighted by atomic mass is 10.1. The lowest BCUT2D eigenvalue weighted by Crippen LogP contribution is -2.27. The highest BCUT2D eigenvalue weighted by Crippen LogP contribution is 2.30. The number of anilines is 2. The van der Waals surface area contributed by atoms with E-state index in [1.54, 1.807) is 0 Å². The average Bonchev–Trinajstić information content (AvgIpc) is 2.79. The molecule has 4 nitrogen and oxygen atoms in total. The fourth-order valence-corrected chi connectivity index (χ4v) is 3.89. The number of nitrogens with one attached hydrogen (secondary N) is 1. The molecule has 0 aliphatic rings. The smallest absolute Gasteiger partial charge is 0.0749 e. The third kappa shape index (κ3) is 4.50. The first-order valence-corrected chi connectivity index (χ1v) is 10.9. The number of nitrogens with zero attached hydrogens (tertiary/aromatic N) is 3. The predicted molar refractivity (Wildman–Crippen MR) is 131 cm³/mol. The summed E-state index contributed by atoms with van der Waals surface area (Å²) >= 11 is 11.8. The van der Waals surface area contributed by atoms with Crippen molar-refractivity contribution < 1.29 is 0 Å². The number of fused-ring (bicyclic) bond motifs is 2. The minimum absolute atomic E-state index is 0.567. The zero-order valence-electron chi connectivity index (χ0n) is 16.4. The standard InChI is InChI=1S/C24H22Cl2N4/c25-13-15-30(16-14-26)19-11-9-18(10-12-19)17-27-29-24-20-5-1-3-7-22(20)28-23-8-4-2-6-21(23)24/h1-12,17H,13-16H2,(H,28,29)/b27-17+. The van der Waals surface area contributed by atoms with Gasteiger partial charge in [0.1, 0.15) is 0 Å². The van der Waals surface area contributed by atoms with Gasteiger partial charge in [0.05, 0.1) is 22.9 Å². The summed E-state index contributed by atoms with van der Waals surface area (Å²) in [4.78, 5) is 6.92. The van der Waals surface area contributed by atoms with Gasteiger partial charge in [-0.05, 0) is 29.8 Å². The Bertz CT molecular complexity index is 1100. The van der Waals surface area contributed by atoms with Crippen molar-refractivity contribution >= 4 is 62.6 Å². The maximum atomic E-state index is 5.90. The number of hydrogen-bond donors (Lipinski definition) is 1. The summed E-state index contributed by atoms with van der Waals surface area (Å²) in [6.45, 7) is 1.54. The normalized spacial score (nSPS) is 11.4. The van der Waals surface area contributed by atoms with Crippen molar-refractivity contribution in [1.82, 2.24) is 4.98 Å². The fraction of sp³-hybridized carbons (Fsp3) is 0.167. The number of halogens is 2. The highest BCUT2D eigenvalue weighted by molar-refractivity contribution is 6.18. The van der Waals surface area contributed by atoms with Gasteiger partial charge in [0.2, 0.25) is 0 Å². The Morgan fingerprint density at radius 3 is 1.93 bits per heavy atom. The third-order valence-electron chi connectivity index (χ3n) is 4.94. The maximum absolute atomic E-state index is 5.90. The van der Waals surface area contributed by atoms with Gasteiger partial charge in [-0.3, -0.25) is 5.43 Å². The van der Waals surface area contributed by atoms with E-state index in [2.05, 4.69) is 39.7 Å². The minimum atomic E-state index is 0.567. The lowest BCUT2D eigenvalue weighted by Gasteiger charge is -2.22. The molecular formula is C24H22Cl2N4. The Labute approximate surface area is 186 Å². The van der Waals surface area contributed by atoms with Crippen molar-refractivity contribution in [2.24, 2.45) is 5.10 Å². The topological polar surface area (TPSA) is 40.5 Å². The van der Waals surface area contributed by atoms with Gasteiger partial charge in [-0.1, -0.05) is 48.5 Å². The highest BCUT2D eigenvalue weighted by Gasteiger charge is 2.08. The molecule has 0 aliphatic carbocycles. The molecule has 0 radical (unpaired) electrons. The van der Waals surface area contributed by atoms with E-state index in [9.17, 15) is 0 Å². The van der Waals surface area contributed by atoms with Crippen LogP contribution in [0.4, 0.5) is 11.4 Å². The van der Waals surface area contributed by atoms with Crippen LogP contribution in [0.3, 0.4) is 0 Å². The number of alkyl halides is 2. The second-order valence-electron chi connectivity index (χ2n) is 6.85. The number of benzene rings is 3. The van der Waals surface area contributed by atoms with Crippen LogP contribution in [0.5, 0.6) is 0 Å². The summed E-state index contributed by atoms with van der Waals surface area (Å²) in [7, 11) is 0. The Kier molecular flexibility index (Phi) is 6.67. The highest BCUT2D eigenvalue weighted by atomic mass is 35.5. The van der Waals surface area contributed by atoms with E-state index in [-0.39, 0.29) is 0 Å². The van der Waals surface area contributed by atoms with Crippen LogP contribution in [-0.2, 0) is 0 Å². The average molecular weight is 437 g/mol. The number of pyridine rings is 1. The molecule has 0 fully saturated rings. The van der Waals surface area contributed by atoms with Crippen molar-refractivity contribution in [3.8, 4) is 0 Å². The van der Waals surface area contributed by atoms with E-state index in [0.29, 0.717) is 11.8 Å². The monoisotopic (exact) mass is 436 g/mol. The second kappa shape index (κ2) is 9.79. The summed E-state index contributed by atoms with van der Waals surface area (Å²) in [5, 5.41) is 6.59. The predicted octanol–water partition coefficient (Wildman–Crippen LogP) is 6.12. The maximum Gasteiger partial charge on any atom is 0.0749 e.